The van der Waals surface area contributed by atoms with E-state index < -0.39 is 0 Å². The van der Waals surface area contributed by atoms with Crippen molar-refractivity contribution in [3.8, 4) is 0 Å². The van der Waals surface area contributed by atoms with Gasteiger partial charge in [-0.15, -0.1) is 0 Å². The molecule has 1 saturated heterocycles. The summed E-state index contributed by atoms with van der Waals surface area (Å²) in [6, 6.07) is 11.6. The van der Waals surface area contributed by atoms with Crippen LogP contribution in [0.3, 0.4) is 0 Å². The van der Waals surface area contributed by atoms with Crippen LogP contribution in [0.2, 0.25) is 15.1 Å². The number of nitrogens with zero attached hydrogens (tertiary/aromatic N) is 1. The van der Waals surface area contributed by atoms with Crippen molar-refractivity contribution in [2.24, 2.45) is 0 Å². The highest BCUT2D eigenvalue weighted by Crippen LogP contribution is 2.23. The molecular formula is C19H17Cl3N2O2. The number of piperidine rings is 1. The van der Waals surface area contributed by atoms with Crippen LogP contribution in [0.15, 0.2) is 42.5 Å². The molecule has 2 aromatic carbocycles. The first-order valence-corrected chi connectivity index (χ1v) is 9.38. The second-order valence-electron chi connectivity index (χ2n) is 6.17. The molecule has 0 saturated carbocycles. The summed E-state index contributed by atoms with van der Waals surface area (Å²) >= 11 is 17.9. The third-order valence-corrected chi connectivity index (χ3v) is 5.20. The zero-order valence-corrected chi connectivity index (χ0v) is 16.1. The summed E-state index contributed by atoms with van der Waals surface area (Å²) < 4.78 is 0. The molecular weight excluding hydrogens is 395 g/mol. The van der Waals surface area contributed by atoms with Gasteiger partial charge in [0.05, 0.1) is 10.6 Å². The summed E-state index contributed by atoms with van der Waals surface area (Å²) in [5.41, 5.74) is 0.974. The number of nitrogens with one attached hydrogen (secondary N) is 1. The minimum atomic E-state index is -0.139. The summed E-state index contributed by atoms with van der Waals surface area (Å²) in [5, 5.41) is 4.46. The number of hydrogen-bond acceptors (Lipinski definition) is 2. The highest BCUT2D eigenvalue weighted by atomic mass is 35.5. The predicted molar refractivity (Wildman–Crippen MR) is 104 cm³/mol. The van der Waals surface area contributed by atoms with Gasteiger partial charge in [-0.3, -0.25) is 9.59 Å². The maximum atomic E-state index is 12.6. The zero-order chi connectivity index (χ0) is 18.7. The SMILES string of the molecule is O=C(NC1CCN(C(=O)c2cc(Cl)ccc2Cl)CC1)c1ccc(Cl)cc1. The van der Waals surface area contributed by atoms with E-state index in [0.717, 1.165) is 0 Å². The summed E-state index contributed by atoms with van der Waals surface area (Å²) in [6.45, 7) is 1.10. The molecule has 1 aliphatic heterocycles. The molecule has 2 amide bonds. The van der Waals surface area contributed by atoms with Crippen LogP contribution in [0.1, 0.15) is 33.6 Å². The van der Waals surface area contributed by atoms with E-state index in [-0.39, 0.29) is 17.9 Å². The molecule has 0 unspecified atom stereocenters. The Morgan fingerprint density at radius 1 is 0.923 bits per heavy atom. The molecule has 136 valence electrons. The maximum absolute atomic E-state index is 12.6. The first-order valence-electron chi connectivity index (χ1n) is 8.25. The summed E-state index contributed by atoms with van der Waals surface area (Å²) in [4.78, 5) is 26.7. The van der Waals surface area contributed by atoms with Crippen LogP contribution in [0.25, 0.3) is 0 Å². The molecule has 2 aromatic rings. The third kappa shape index (κ3) is 4.50. The van der Waals surface area contributed by atoms with Gasteiger partial charge in [-0.25, -0.2) is 0 Å². The van der Waals surface area contributed by atoms with Crippen LogP contribution in [0, 0.1) is 0 Å². The van der Waals surface area contributed by atoms with Crippen LogP contribution < -0.4 is 5.32 Å². The van der Waals surface area contributed by atoms with Crippen molar-refractivity contribution in [3.63, 3.8) is 0 Å². The summed E-state index contributed by atoms with van der Waals surface area (Å²) in [6.07, 6.45) is 1.37. The van der Waals surface area contributed by atoms with E-state index in [1.165, 1.54) is 0 Å². The predicted octanol–water partition coefficient (Wildman–Crippen LogP) is 4.68. The van der Waals surface area contributed by atoms with Crippen LogP contribution >= 0.6 is 34.8 Å². The maximum Gasteiger partial charge on any atom is 0.255 e. The molecule has 0 aliphatic carbocycles. The zero-order valence-electron chi connectivity index (χ0n) is 13.8. The van der Waals surface area contributed by atoms with Crippen molar-refractivity contribution >= 4 is 46.6 Å². The van der Waals surface area contributed by atoms with E-state index in [2.05, 4.69) is 5.32 Å². The monoisotopic (exact) mass is 410 g/mol. The van der Waals surface area contributed by atoms with Gasteiger partial charge in [0.25, 0.3) is 11.8 Å². The molecule has 3 rings (SSSR count). The molecule has 1 N–H and O–H groups in total. The molecule has 0 radical (unpaired) electrons. The fraction of sp³-hybridized carbons (Fsp3) is 0.263. The van der Waals surface area contributed by atoms with Crippen LogP contribution in [-0.2, 0) is 0 Å². The number of likely N-dealkylation sites (tertiary alicyclic amines) is 1. The van der Waals surface area contributed by atoms with Gasteiger partial charge in [0.2, 0.25) is 0 Å². The highest BCUT2D eigenvalue weighted by molar-refractivity contribution is 6.35. The number of carbonyl (C=O) groups is 2. The van der Waals surface area contributed by atoms with Gasteiger partial charge >= 0.3 is 0 Å². The van der Waals surface area contributed by atoms with Crippen LogP contribution in [0.4, 0.5) is 0 Å². The standard InChI is InChI=1S/C19H17Cl3N2O2/c20-13-3-1-12(2-4-13)18(25)23-15-7-9-24(10-8-15)19(26)16-11-14(21)5-6-17(16)22/h1-6,11,15H,7-10H2,(H,23,25). The van der Waals surface area contributed by atoms with E-state index >= 15 is 0 Å². The number of carbonyl (C=O) groups excluding carboxylic acids is 2. The fourth-order valence-electron chi connectivity index (χ4n) is 2.93. The largest absolute Gasteiger partial charge is 0.349 e. The first-order chi connectivity index (χ1) is 12.4. The van der Waals surface area contributed by atoms with E-state index in [9.17, 15) is 9.59 Å². The van der Waals surface area contributed by atoms with Gasteiger partial charge in [-0.2, -0.15) is 0 Å². The highest BCUT2D eigenvalue weighted by Gasteiger charge is 2.26. The van der Waals surface area contributed by atoms with Crippen molar-refractivity contribution in [3.05, 3.63) is 68.7 Å². The fourth-order valence-corrected chi connectivity index (χ4v) is 3.43. The number of benzene rings is 2. The van der Waals surface area contributed by atoms with E-state index in [4.69, 9.17) is 34.8 Å². The molecule has 4 nitrogen and oxygen atoms in total. The van der Waals surface area contributed by atoms with Crippen molar-refractivity contribution in [1.29, 1.82) is 0 Å². The third-order valence-electron chi connectivity index (χ3n) is 4.38. The van der Waals surface area contributed by atoms with Gasteiger partial charge in [-0.05, 0) is 55.3 Å². The Morgan fingerprint density at radius 3 is 2.19 bits per heavy atom. The smallest absolute Gasteiger partial charge is 0.255 e. The lowest BCUT2D eigenvalue weighted by atomic mass is 10.0. The van der Waals surface area contributed by atoms with E-state index in [1.807, 2.05) is 0 Å². The number of halogens is 3. The molecule has 7 heteroatoms. The normalized spacial score (nSPS) is 15.0. The molecule has 0 aromatic heterocycles. The van der Waals surface area contributed by atoms with Crippen LogP contribution in [-0.4, -0.2) is 35.8 Å². The molecule has 0 spiro atoms. The Kier molecular flexibility index (Phi) is 6.07. The van der Waals surface area contributed by atoms with Gasteiger partial charge in [0, 0.05) is 34.7 Å². The summed E-state index contributed by atoms with van der Waals surface area (Å²) in [5.74, 6) is -0.274. The van der Waals surface area contributed by atoms with Crippen molar-refractivity contribution in [2.75, 3.05) is 13.1 Å². The van der Waals surface area contributed by atoms with Gasteiger partial charge in [-0.1, -0.05) is 34.8 Å². The summed E-state index contributed by atoms with van der Waals surface area (Å²) in [7, 11) is 0. The van der Waals surface area contributed by atoms with E-state index in [0.29, 0.717) is 52.1 Å². The topological polar surface area (TPSA) is 49.4 Å². The molecule has 0 bridgehead atoms. The van der Waals surface area contributed by atoms with Crippen molar-refractivity contribution < 1.29 is 9.59 Å². The molecule has 26 heavy (non-hydrogen) atoms. The minimum absolute atomic E-state index is 0.0251. The lowest BCUT2D eigenvalue weighted by molar-refractivity contribution is 0.0698. The van der Waals surface area contributed by atoms with Crippen LogP contribution in [0.5, 0.6) is 0 Å². The molecule has 0 atom stereocenters. The molecule has 1 aliphatic rings. The van der Waals surface area contributed by atoms with Crippen molar-refractivity contribution in [2.45, 2.75) is 18.9 Å². The Balaban J connectivity index is 1.57. The Bertz CT molecular complexity index is 816. The van der Waals surface area contributed by atoms with Gasteiger partial charge < -0.3 is 10.2 Å². The average molecular weight is 412 g/mol. The number of rotatable bonds is 3. The van der Waals surface area contributed by atoms with Gasteiger partial charge in [0.1, 0.15) is 0 Å². The minimum Gasteiger partial charge on any atom is -0.349 e. The van der Waals surface area contributed by atoms with E-state index in [1.54, 1.807) is 47.4 Å². The average Bonchev–Trinajstić information content (AvgIpc) is 2.64. The number of hydrogen-bond donors (Lipinski definition) is 1. The lowest BCUT2D eigenvalue weighted by Gasteiger charge is -2.32. The number of amides is 2. The quantitative estimate of drug-likeness (QED) is 0.797. The second kappa shape index (κ2) is 8.30. The van der Waals surface area contributed by atoms with Gasteiger partial charge in [0.15, 0.2) is 0 Å². The Labute approximate surface area is 167 Å². The Morgan fingerprint density at radius 2 is 1.54 bits per heavy atom. The molecule has 1 fully saturated rings. The second-order valence-corrected chi connectivity index (χ2v) is 7.45. The van der Waals surface area contributed by atoms with Crippen molar-refractivity contribution in [1.82, 2.24) is 10.2 Å². The molecule has 1 heterocycles. The first kappa shape index (κ1) is 19.0. The Hall–Kier alpha value is -1.75. The lowest BCUT2D eigenvalue weighted by Crippen LogP contribution is -2.46.